The molecule has 0 aromatic heterocycles. The fraction of sp³-hybridized carbons (Fsp3) is 0.704. The number of esters is 3. The zero-order valence-electron chi connectivity index (χ0n) is 50.4. The van der Waals surface area contributed by atoms with Crippen LogP contribution in [0.4, 0.5) is 0 Å². The molecule has 0 spiro atoms. The van der Waals surface area contributed by atoms with Crippen molar-refractivity contribution in [2.24, 2.45) is 0 Å². The Bertz CT molecular complexity index is 1560. The Morgan fingerprint density at radius 2 is 0.506 bits per heavy atom. The second-order valence-corrected chi connectivity index (χ2v) is 21.3. The van der Waals surface area contributed by atoms with Crippen molar-refractivity contribution in [3.05, 3.63) is 109 Å². The molecule has 440 valence electrons. The first-order valence-corrected chi connectivity index (χ1v) is 32.4. The summed E-state index contributed by atoms with van der Waals surface area (Å²) in [6.45, 7) is 6.41. The summed E-state index contributed by atoms with van der Waals surface area (Å²) in [5, 5.41) is 0. The van der Waals surface area contributed by atoms with E-state index in [2.05, 4.69) is 130 Å². The molecule has 77 heavy (non-hydrogen) atoms. The van der Waals surface area contributed by atoms with Gasteiger partial charge in [0.1, 0.15) is 13.2 Å². The first kappa shape index (κ1) is 73.1. The lowest BCUT2D eigenvalue weighted by Crippen LogP contribution is -2.30. The number of carbonyl (C=O) groups is 3. The van der Waals surface area contributed by atoms with E-state index in [1.165, 1.54) is 128 Å². The molecule has 6 heteroatoms. The molecular weight excluding hydrogens is 949 g/mol. The summed E-state index contributed by atoms with van der Waals surface area (Å²) in [5.41, 5.74) is 0. The number of ether oxygens (including phenoxy) is 3. The van der Waals surface area contributed by atoms with Crippen LogP contribution in [0.25, 0.3) is 0 Å². The Balaban J connectivity index is 4.41. The average molecular weight is 1070 g/mol. The van der Waals surface area contributed by atoms with E-state index in [0.29, 0.717) is 19.3 Å². The van der Waals surface area contributed by atoms with Gasteiger partial charge in [-0.15, -0.1) is 0 Å². The second-order valence-electron chi connectivity index (χ2n) is 21.3. The van der Waals surface area contributed by atoms with Crippen LogP contribution in [-0.2, 0) is 28.6 Å². The van der Waals surface area contributed by atoms with Gasteiger partial charge in [0.25, 0.3) is 0 Å². The van der Waals surface area contributed by atoms with Crippen molar-refractivity contribution >= 4 is 17.9 Å². The molecule has 0 N–H and O–H groups in total. The molecule has 0 bridgehead atoms. The molecule has 6 nitrogen and oxygen atoms in total. The largest absolute Gasteiger partial charge is 0.462 e. The van der Waals surface area contributed by atoms with Crippen molar-refractivity contribution < 1.29 is 28.6 Å². The van der Waals surface area contributed by atoms with Gasteiger partial charge in [-0.25, -0.2) is 0 Å². The smallest absolute Gasteiger partial charge is 0.306 e. The predicted molar refractivity (Wildman–Crippen MR) is 334 cm³/mol. The maximum Gasteiger partial charge on any atom is 0.306 e. The normalized spacial score (nSPS) is 12.8. The molecular formula is C71H120O6. The average Bonchev–Trinajstić information content (AvgIpc) is 3.43. The summed E-state index contributed by atoms with van der Waals surface area (Å²) in [6.07, 6.45) is 88.1. The lowest BCUT2D eigenvalue weighted by atomic mass is 10.0. The van der Waals surface area contributed by atoms with Crippen LogP contribution in [-0.4, -0.2) is 37.2 Å². The monoisotopic (exact) mass is 1070 g/mol. The SMILES string of the molecule is CC/C=C\C/C=C\C/C=C\C/C=C\CCCCCCCCC(=O)OC(COC(=O)CCCCCC/C=C\C/C=C\C/C=C\C/C=C\CC)COC(=O)CCCCCCCCCCCCC/C=C\CCCCCCCCCC. The van der Waals surface area contributed by atoms with Crippen molar-refractivity contribution in [1.82, 2.24) is 0 Å². The molecule has 0 aliphatic carbocycles. The summed E-state index contributed by atoms with van der Waals surface area (Å²) in [4.78, 5) is 38.4. The van der Waals surface area contributed by atoms with Gasteiger partial charge in [-0.3, -0.25) is 14.4 Å². The number of allylic oxidation sites excluding steroid dienone is 18. The first-order chi connectivity index (χ1) is 38.0. The van der Waals surface area contributed by atoms with Crippen molar-refractivity contribution in [3.8, 4) is 0 Å². The summed E-state index contributed by atoms with van der Waals surface area (Å²) < 4.78 is 16.9. The quantitative estimate of drug-likeness (QED) is 0.0261. The maximum atomic E-state index is 12.9. The minimum absolute atomic E-state index is 0.0928. The number of hydrogen-bond donors (Lipinski definition) is 0. The predicted octanol–water partition coefficient (Wildman–Crippen LogP) is 22.2. The highest BCUT2D eigenvalue weighted by molar-refractivity contribution is 5.71. The zero-order chi connectivity index (χ0) is 55.7. The second kappa shape index (κ2) is 64.6. The van der Waals surface area contributed by atoms with Gasteiger partial charge >= 0.3 is 17.9 Å². The third-order valence-corrected chi connectivity index (χ3v) is 13.7. The molecule has 0 aliphatic heterocycles. The molecule has 0 fully saturated rings. The van der Waals surface area contributed by atoms with Crippen molar-refractivity contribution in [3.63, 3.8) is 0 Å². The number of carbonyl (C=O) groups excluding carboxylic acids is 3. The third-order valence-electron chi connectivity index (χ3n) is 13.7. The van der Waals surface area contributed by atoms with Crippen LogP contribution in [0.2, 0.25) is 0 Å². The highest BCUT2D eigenvalue weighted by Crippen LogP contribution is 2.16. The lowest BCUT2D eigenvalue weighted by molar-refractivity contribution is -0.167. The number of rotatable bonds is 58. The molecule has 0 saturated carbocycles. The fourth-order valence-corrected chi connectivity index (χ4v) is 8.95. The summed E-state index contributed by atoms with van der Waals surface area (Å²) >= 11 is 0. The van der Waals surface area contributed by atoms with Gasteiger partial charge in [-0.05, 0) is 122 Å². The van der Waals surface area contributed by atoms with Crippen LogP contribution in [0, 0.1) is 0 Å². The maximum absolute atomic E-state index is 12.9. The molecule has 0 aliphatic rings. The molecule has 0 aromatic rings. The van der Waals surface area contributed by atoms with E-state index in [1.54, 1.807) is 0 Å². The lowest BCUT2D eigenvalue weighted by Gasteiger charge is -2.18. The van der Waals surface area contributed by atoms with Gasteiger partial charge in [0, 0.05) is 19.3 Å². The van der Waals surface area contributed by atoms with Crippen molar-refractivity contribution in [2.45, 2.75) is 309 Å². The summed E-state index contributed by atoms with van der Waals surface area (Å²) in [6, 6.07) is 0. The van der Waals surface area contributed by atoms with Crippen LogP contribution in [0.1, 0.15) is 303 Å². The highest BCUT2D eigenvalue weighted by atomic mass is 16.6. The van der Waals surface area contributed by atoms with Gasteiger partial charge in [-0.1, -0.05) is 271 Å². The van der Waals surface area contributed by atoms with E-state index in [1.807, 2.05) is 0 Å². The minimum Gasteiger partial charge on any atom is -0.462 e. The van der Waals surface area contributed by atoms with Crippen molar-refractivity contribution in [1.29, 1.82) is 0 Å². The highest BCUT2D eigenvalue weighted by Gasteiger charge is 2.19. The molecule has 1 unspecified atom stereocenters. The molecule has 0 radical (unpaired) electrons. The Hall–Kier alpha value is -3.93. The molecule has 1 atom stereocenters. The van der Waals surface area contributed by atoms with Gasteiger partial charge in [0.15, 0.2) is 6.10 Å². The van der Waals surface area contributed by atoms with Crippen LogP contribution >= 0.6 is 0 Å². The van der Waals surface area contributed by atoms with E-state index >= 15 is 0 Å². The Morgan fingerprint density at radius 1 is 0.273 bits per heavy atom. The fourth-order valence-electron chi connectivity index (χ4n) is 8.95. The zero-order valence-corrected chi connectivity index (χ0v) is 50.4. The summed E-state index contributed by atoms with van der Waals surface area (Å²) in [7, 11) is 0. The van der Waals surface area contributed by atoms with E-state index in [4.69, 9.17) is 14.2 Å². The van der Waals surface area contributed by atoms with Crippen LogP contribution in [0.5, 0.6) is 0 Å². The van der Waals surface area contributed by atoms with Gasteiger partial charge in [0.05, 0.1) is 0 Å². The van der Waals surface area contributed by atoms with Gasteiger partial charge < -0.3 is 14.2 Å². The third kappa shape index (κ3) is 62.8. The Kier molecular flexibility index (Phi) is 61.3. The standard InChI is InChI=1S/C71H120O6/c1-4-7-10-13-16-19-22-25-28-31-33-34-35-36-38-40-43-46-49-52-55-58-61-64-70(73)76-67-68(66-75-69(72)63-60-57-54-51-48-45-42-39-30-27-24-21-18-15-12-9-6-3)77-71(74)65-62-59-56-53-50-47-44-41-37-32-29-26-23-20-17-14-11-8-5-2/h8-9,11-12,17-18,20-21,26-27,29-31,33,37,41-42,45,68H,4-7,10,13-16,19,22-25,28,32,34-36,38-40,43-44,46-67H2,1-3H3/b11-8-,12-9-,20-17-,21-18-,29-26-,30-27-,33-31-,41-37-,45-42-. The Morgan fingerprint density at radius 3 is 0.805 bits per heavy atom. The van der Waals surface area contributed by atoms with Gasteiger partial charge in [0.2, 0.25) is 0 Å². The van der Waals surface area contributed by atoms with Crippen LogP contribution in [0.15, 0.2) is 109 Å². The number of hydrogen-bond acceptors (Lipinski definition) is 6. The van der Waals surface area contributed by atoms with E-state index in [-0.39, 0.29) is 31.1 Å². The first-order valence-electron chi connectivity index (χ1n) is 32.4. The topological polar surface area (TPSA) is 78.9 Å². The van der Waals surface area contributed by atoms with Gasteiger partial charge in [-0.2, -0.15) is 0 Å². The molecule has 0 heterocycles. The molecule has 0 saturated heterocycles. The Labute approximate surface area is 476 Å². The summed E-state index contributed by atoms with van der Waals surface area (Å²) in [5.74, 6) is -0.924. The van der Waals surface area contributed by atoms with Crippen LogP contribution in [0.3, 0.4) is 0 Å². The number of unbranched alkanes of at least 4 members (excludes halogenated alkanes) is 29. The molecule has 0 aromatic carbocycles. The molecule has 0 amide bonds. The minimum atomic E-state index is -0.800. The van der Waals surface area contributed by atoms with Crippen LogP contribution < -0.4 is 0 Å². The van der Waals surface area contributed by atoms with E-state index < -0.39 is 6.10 Å². The van der Waals surface area contributed by atoms with E-state index in [9.17, 15) is 14.4 Å². The van der Waals surface area contributed by atoms with E-state index in [0.717, 1.165) is 135 Å². The van der Waals surface area contributed by atoms with Crippen molar-refractivity contribution in [2.75, 3.05) is 13.2 Å². The molecule has 0 rings (SSSR count).